The number of carbonyl (C=O) groups excluding carboxylic acids is 2. The Kier molecular flexibility index (Phi) is 9.48. The summed E-state index contributed by atoms with van der Waals surface area (Å²) in [7, 11) is -3.26. The molecule has 0 aliphatic rings. The van der Waals surface area contributed by atoms with Gasteiger partial charge in [-0.05, 0) is 28.8 Å². The van der Waals surface area contributed by atoms with Gasteiger partial charge in [0.2, 0.25) is 5.78 Å². The molecule has 0 fully saturated rings. The number of benzene rings is 2. The summed E-state index contributed by atoms with van der Waals surface area (Å²) in [5.41, 5.74) is 1.58. The van der Waals surface area contributed by atoms with E-state index in [1.165, 1.54) is 0 Å². The number of carbonyl (C=O) groups is 2. The van der Waals surface area contributed by atoms with Gasteiger partial charge in [0.15, 0.2) is 9.84 Å². The van der Waals surface area contributed by atoms with Gasteiger partial charge in [-0.15, -0.1) is 0 Å². The fraction of sp³-hybridized carbons (Fsp3) is 0.417. The number of rotatable bonds is 12. The Morgan fingerprint density at radius 3 is 2.00 bits per heavy atom. The van der Waals surface area contributed by atoms with Gasteiger partial charge in [0.1, 0.15) is 12.3 Å². The second kappa shape index (κ2) is 11.7. The lowest BCUT2D eigenvalue weighted by Crippen LogP contribution is -2.49. The number of hydrogen-bond donors (Lipinski definition) is 5. The van der Waals surface area contributed by atoms with Gasteiger partial charge in [-0.3, -0.25) is 14.9 Å². The van der Waals surface area contributed by atoms with E-state index in [4.69, 9.17) is 0 Å². The zero-order valence-corrected chi connectivity index (χ0v) is 20.3. The Morgan fingerprint density at radius 2 is 1.50 bits per heavy atom. The summed E-state index contributed by atoms with van der Waals surface area (Å²) in [6.07, 6.45) is -1.61. The lowest BCUT2D eigenvalue weighted by atomic mass is 9.86. The summed E-state index contributed by atoms with van der Waals surface area (Å²) in [5.74, 6) is -1.42. The highest BCUT2D eigenvalue weighted by Crippen LogP contribution is 2.22. The van der Waals surface area contributed by atoms with Gasteiger partial charge in [0.25, 0.3) is 5.91 Å². The molecular formula is C24H32N2O7S. The Bertz CT molecular complexity index is 1080. The third kappa shape index (κ3) is 7.71. The number of ketones is 1. The quantitative estimate of drug-likeness (QED) is 0.214. The van der Waals surface area contributed by atoms with Crippen LogP contribution in [-0.2, 0) is 26.0 Å². The average molecular weight is 493 g/mol. The minimum absolute atomic E-state index is 0.0151. The maximum atomic E-state index is 12.1. The average Bonchev–Trinajstić information content (AvgIpc) is 2.81. The summed E-state index contributed by atoms with van der Waals surface area (Å²) < 4.78 is 23.1. The van der Waals surface area contributed by atoms with E-state index in [2.05, 4.69) is 10.6 Å². The highest BCUT2D eigenvalue weighted by Gasteiger charge is 2.32. The smallest absolute Gasteiger partial charge is 0.287 e. The SMILES string of the molecule is CC(C)(CO)C(O)C(O)NCCC(=O)C(=O)NCc1ccc(-c2ccc(S(C)(=O)=O)cc2)cc1. The molecule has 2 rings (SSSR count). The van der Waals surface area contributed by atoms with Crippen molar-refractivity contribution in [1.82, 2.24) is 10.6 Å². The van der Waals surface area contributed by atoms with Crippen LogP contribution in [0.5, 0.6) is 0 Å². The van der Waals surface area contributed by atoms with Crippen molar-refractivity contribution in [3.63, 3.8) is 0 Å². The topological polar surface area (TPSA) is 153 Å². The molecule has 2 aromatic rings. The molecular weight excluding hydrogens is 460 g/mol. The molecule has 34 heavy (non-hydrogen) atoms. The Morgan fingerprint density at radius 1 is 0.971 bits per heavy atom. The lowest BCUT2D eigenvalue weighted by Gasteiger charge is -2.32. The van der Waals surface area contributed by atoms with Crippen LogP contribution in [0.25, 0.3) is 11.1 Å². The molecule has 9 nitrogen and oxygen atoms in total. The van der Waals surface area contributed by atoms with Crippen LogP contribution in [0, 0.1) is 5.41 Å². The number of nitrogens with one attached hydrogen (secondary N) is 2. The van der Waals surface area contributed by atoms with Crippen LogP contribution < -0.4 is 10.6 Å². The highest BCUT2D eigenvalue weighted by molar-refractivity contribution is 7.90. The first kappa shape index (κ1) is 27.6. The lowest BCUT2D eigenvalue weighted by molar-refractivity contribution is -0.138. The van der Waals surface area contributed by atoms with Crippen molar-refractivity contribution in [2.75, 3.05) is 19.4 Å². The van der Waals surface area contributed by atoms with Crippen LogP contribution in [0.1, 0.15) is 25.8 Å². The van der Waals surface area contributed by atoms with Crippen LogP contribution in [-0.4, -0.2) is 67.2 Å². The summed E-state index contributed by atoms with van der Waals surface area (Å²) in [6.45, 7) is 2.98. The number of amides is 1. The van der Waals surface area contributed by atoms with Crippen molar-refractivity contribution < 1.29 is 33.3 Å². The Balaban J connectivity index is 1.81. The monoisotopic (exact) mass is 492 g/mol. The number of Topliss-reactive ketones (excluding diaryl/α,β-unsaturated/α-hetero) is 1. The van der Waals surface area contributed by atoms with Gasteiger partial charge in [-0.2, -0.15) is 0 Å². The van der Waals surface area contributed by atoms with E-state index in [-0.39, 0.29) is 31.0 Å². The molecule has 0 saturated heterocycles. The van der Waals surface area contributed by atoms with Gasteiger partial charge in [0, 0.05) is 31.2 Å². The number of sulfone groups is 1. The third-order valence-corrected chi connectivity index (χ3v) is 6.62. The second-order valence-electron chi connectivity index (χ2n) is 8.84. The molecule has 5 N–H and O–H groups in total. The summed E-state index contributed by atoms with van der Waals surface area (Å²) in [5, 5.41) is 34.3. The predicted molar refractivity (Wildman–Crippen MR) is 127 cm³/mol. The van der Waals surface area contributed by atoms with E-state index < -0.39 is 39.3 Å². The molecule has 2 atom stereocenters. The zero-order valence-electron chi connectivity index (χ0n) is 19.5. The predicted octanol–water partition coefficient (Wildman–Crippen LogP) is 0.620. The maximum absolute atomic E-state index is 12.1. The number of aliphatic hydroxyl groups excluding tert-OH is 3. The molecule has 1 amide bonds. The summed E-state index contributed by atoms with van der Waals surface area (Å²) in [4.78, 5) is 24.3. The Labute approximate surface area is 199 Å². The molecule has 0 aliphatic carbocycles. The normalized spacial score (nSPS) is 13.8. The third-order valence-electron chi connectivity index (χ3n) is 5.49. The minimum Gasteiger partial charge on any atom is -0.396 e. The van der Waals surface area contributed by atoms with Gasteiger partial charge >= 0.3 is 0 Å². The van der Waals surface area contributed by atoms with E-state index in [1.54, 1.807) is 50.2 Å². The summed E-state index contributed by atoms with van der Waals surface area (Å²) in [6, 6.07) is 13.8. The van der Waals surface area contributed by atoms with E-state index in [0.29, 0.717) is 0 Å². The molecule has 0 spiro atoms. The number of hydrogen-bond acceptors (Lipinski definition) is 8. The van der Waals surface area contributed by atoms with Crippen molar-refractivity contribution in [2.24, 2.45) is 5.41 Å². The molecule has 10 heteroatoms. The largest absolute Gasteiger partial charge is 0.396 e. The minimum atomic E-state index is -3.26. The van der Waals surface area contributed by atoms with E-state index in [1.807, 2.05) is 12.1 Å². The van der Waals surface area contributed by atoms with E-state index in [9.17, 15) is 33.3 Å². The molecule has 0 radical (unpaired) electrons. The molecule has 2 aromatic carbocycles. The molecule has 0 aromatic heterocycles. The van der Waals surface area contributed by atoms with Crippen molar-refractivity contribution in [1.29, 1.82) is 0 Å². The molecule has 0 bridgehead atoms. The first-order valence-corrected chi connectivity index (χ1v) is 12.6. The van der Waals surface area contributed by atoms with E-state index >= 15 is 0 Å². The Hall–Kier alpha value is -2.63. The van der Waals surface area contributed by atoms with Crippen molar-refractivity contribution >= 4 is 21.5 Å². The van der Waals surface area contributed by atoms with E-state index in [0.717, 1.165) is 22.9 Å². The first-order chi connectivity index (χ1) is 15.8. The van der Waals surface area contributed by atoms with Crippen molar-refractivity contribution in [2.45, 2.75) is 44.0 Å². The molecule has 2 unspecified atom stereocenters. The van der Waals surface area contributed by atoms with Crippen molar-refractivity contribution in [3.05, 3.63) is 54.1 Å². The fourth-order valence-electron chi connectivity index (χ4n) is 3.07. The van der Waals surface area contributed by atoms with Crippen LogP contribution >= 0.6 is 0 Å². The first-order valence-electron chi connectivity index (χ1n) is 10.8. The number of aliphatic hydroxyl groups is 3. The van der Waals surface area contributed by atoms with Gasteiger partial charge in [0.05, 0.1) is 11.5 Å². The molecule has 186 valence electrons. The van der Waals surface area contributed by atoms with Gasteiger partial charge in [-0.25, -0.2) is 8.42 Å². The molecule has 0 heterocycles. The van der Waals surface area contributed by atoms with Gasteiger partial charge in [-0.1, -0.05) is 50.2 Å². The second-order valence-corrected chi connectivity index (χ2v) is 10.9. The van der Waals surface area contributed by atoms with Crippen LogP contribution in [0.15, 0.2) is 53.4 Å². The standard InChI is InChI=1S/C24H32N2O7S/c1-24(2,15-27)21(29)23(31)25-13-12-20(28)22(30)26-14-16-4-6-17(7-5-16)18-8-10-19(11-9-18)34(3,32)33/h4-11,21,23,25,27,29,31H,12-15H2,1-3H3,(H,26,30). The highest BCUT2D eigenvalue weighted by atomic mass is 32.2. The maximum Gasteiger partial charge on any atom is 0.287 e. The van der Waals surface area contributed by atoms with Gasteiger partial charge < -0.3 is 20.6 Å². The molecule has 0 aliphatic heterocycles. The van der Waals surface area contributed by atoms with Crippen LogP contribution in [0.3, 0.4) is 0 Å². The molecule has 0 saturated carbocycles. The summed E-state index contributed by atoms with van der Waals surface area (Å²) >= 11 is 0. The van der Waals surface area contributed by atoms with Crippen LogP contribution in [0.2, 0.25) is 0 Å². The van der Waals surface area contributed by atoms with Crippen molar-refractivity contribution in [3.8, 4) is 11.1 Å². The zero-order chi connectivity index (χ0) is 25.5. The van der Waals surface area contributed by atoms with Crippen LogP contribution in [0.4, 0.5) is 0 Å². The fourth-order valence-corrected chi connectivity index (χ4v) is 3.70.